The summed E-state index contributed by atoms with van der Waals surface area (Å²) in [5.74, 6) is -3.30. The van der Waals surface area contributed by atoms with Crippen molar-refractivity contribution >= 4 is 50.2 Å². The zero-order valence-electron chi connectivity index (χ0n) is 15.6. The number of amides is 3. The summed E-state index contributed by atoms with van der Waals surface area (Å²) < 4.78 is 31.8. The Labute approximate surface area is 186 Å². The van der Waals surface area contributed by atoms with Gasteiger partial charge in [0, 0.05) is 11.0 Å². The van der Waals surface area contributed by atoms with E-state index in [1.54, 1.807) is 0 Å². The summed E-state index contributed by atoms with van der Waals surface area (Å²) in [7, 11) is -3.85. The fourth-order valence-corrected chi connectivity index (χ4v) is 3.68. The number of oxime groups is 1. The topological polar surface area (TPSA) is 207 Å². The van der Waals surface area contributed by atoms with Crippen LogP contribution in [0.2, 0.25) is 0 Å². The van der Waals surface area contributed by atoms with E-state index in [9.17, 15) is 22.8 Å². The third kappa shape index (κ3) is 4.68. The van der Waals surface area contributed by atoms with Crippen molar-refractivity contribution in [1.29, 1.82) is 0 Å². The van der Waals surface area contributed by atoms with Crippen molar-refractivity contribution in [2.24, 2.45) is 10.9 Å². The molecule has 0 spiro atoms. The zero-order chi connectivity index (χ0) is 20.5. The van der Waals surface area contributed by atoms with E-state index >= 15 is 0 Å². The molecular weight excluding hydrogens is 427 g/mol. The summed E-state index contributed by atoms with van der Waals surface area (Å²) in [6, 6.07) is -3.14. The number of rotatable bonds is 7. The Balaban J connectivity index is 0.00000392. The first-order chi connectivity index (χ1) is 12.5. The molecule has 1 aromatic rings. The van der Waals surface area contributed by atoms with Gasteiger partial charge in [-0.1, -0.05) is 11.7 Å². The van der Waals surface area contributed by atoms with Gasteiger partial charge in [0.05, 0.1) is 0 Å². The maximum atomic E-state index is 12.5. The first-order valence-electron chi connectivity index (χ1n) is 6.91. The number of aromatic nitrogens is 1. The van der Waals surface area contributed by atoms with Crippen LogP contribution < -0.4 is 46.3 Å². The molecule has 6 N–H and O–H groups in total. The predicted molar refractivity (Wildman–Crippen MR) is 93.6 cm³/mol. The summed E-state index contributed by atoms with van der Waals surface area (Å²) in [4.78, 5) is 44.3. The number of nitrogens with one attached hydrogen (secondary N) is 1. The van der Waals surface area contributed by atoms with E-state index in [2.05, 4.69) is 26.9 Å². The molecule has 2 atom stereocenters. The van der Waals surface area contributed by atoms with Crippen LogP contribution in [0.5, 0.6) is 0 Å². The van der Waals surface area contributed by atoms with Gasteiger partial charge >= 0.3 is 39.9 Å². The van der Waals surface area contributed by atoms with Crippen LogP contribution in [0.15, 0.2) is 22.7 Å². The fraction of sp³-hybridized carbons (Fsp3) is 0.250. The molecule has 16 heteroatoms. The van der Waals surface area contributed by atoms with Gasteiger partial charge in [-0.05, 0) is 0 Å². The predicted octanol–water partition coefficient (Wildman–Crippen LogP) is -5.27. The van der Waals surface area contributed by atoms with Crippen molar-refractivity contribution in [3.8, 4) is 0 Å². The van der Waals surface area contributed by atoms with E-state index < -0.39 is 45.7 Å². The van der Waals surface area contributed by atoms with E-state index in [-0.39, 0.29) is 51.8 Å². The molecule has 1 fully saturated rings. The molecule has 1 saturated heterocycles. The standard InChI is InChI=1S/C12H14N6O7S2.Na.H/c1-4(9(13)19)8-7(11(21)18(8)27(22,23)24)16-10(20)6(17-25-2)5-3-26-12(14)15-5;;/h3,7-8H,1H2,2H3,(H2,13,19)(H2,14,15)(H,16,20)(H,22,23,24);;/q;+1;-1/b17-6-;;/t7-,8-;;/m0../s1. The molecule has 0 bridgehead atoms. The molecule has 0 radical (unpaired) electrons. The summed E-state index contributed by atoms with van der Waals surface area (Å²) in [5.41, 5.74) is 9.73. The number of thiazole rings is 1. The molecule has 0 unspecified atom stereocenters. The Hall–Kier alpha value is -2.04. The van der Waals surface area contributed by atoms with Crippen LogP contribution in [0.3, 0.4) is 0 Å². The van der Waals surface area contributed by atoms with E-state index in [0.29, 0.717) is 0 Å². The maximum Gasteiger partial charge on any atom is 1.00 e. The summed E-state index contributed by atoms with van der Waals surface area (Å²) >= 11 is 1.02. The molecule has 1 aromatic heterocycles. The second kappa shape index (κ2) is 8.97. The molecule has 0 aliphatic carbocycles. The monoisotopic (exact) mass is 442 g/mol. The summed E-state index contributed by atoms with van der Waals surface area (Å²) in [6.45, 7) is 3.30. The SMILES string of the molecule is C=C(C(N)=O)[C@H]1[C@H](NC(=O)/C(=N\OC)c2csc(N)n2)C(=O)N1S(=O)(=O)O.[H-].[Na+]. The van der Waals surface area contributed by atoms with Crippen molar-refractivity contribution in [3.05, 3.63) is 23.2 Å². The minimum absolute atomic E-state index is 0. The van der Waals surface area contributed by atoms with Crippen molar-refractivity contribution in [3.63, 3.8) is 0 Å². The van der Waals surface area contributed by atoms with Crippen molar-refractivity contribution < 1.29 is 63.2 Å². The van der Waals surface area contributed by atoms with Gasteiger partial charge in [0.2, 0.25) is 5.91 Å². The average Bonchev–Trinajstić information content (AvgIpc) is 2.98. The normalized spacial score (nSPS) is 19.3. The molecule has 0 saturated carbocycles. The van der Waals surface area contributed by atoms with Crippen molar-refractivity contribution in [2.45, 2.75) is 12.1 Å². The quantitative estimate of drug-likeness (QED) is 0.0793. The van der Waals surface area contributed by atoms with Gasteiger partial charge in [0.1, 0.15) is 24.9 Å². The Morgan fingerprint density at radius 1 is 1.54 bits per heavy atom. The minimum Gasteiger partial charge on any atom is -1.00 e. The molecule has 148 valence electrons. The van der Waals surface area contributed by atoms with Gasteiger partial charge in [-0.3, -0.25) is 18.9 Å². The van der Waals surface area contributed by atoms with Crippen LogP contribution >= 0.6 is 11.3 Å². The fourth-order valence-electron chi connectivity index (χ4n) is 2.25. The summed E-state index contributed by atoms with van der Waals surface area (Å²) in [6.07, 6.45) is 0. The zero-order valence-corrected chi connectivity index (χ0v) is 18.3. The molecule has 13 nitrogen and oxygen atoms in total. The number of nitrogen functional groups attached to an aromatic ring is 1. The Morgan fingerprint density at radius 3 is 2.57 bits per heavy atom. The first-order valence-corrected chi connectivity index (χ1v) is 9.19. The Kier molecular flexibility index (Phi) is 7.69. The summed E-state index contributed by atoms with van der Waals surface area (Å²) in [5, 5.41) is 7.23. The van der Waals surface area contributed by atoms with Crippen LogP contribution in [0, 0.1) is 0 Å². The molecule has 28 heavy (non-hydrogen) atoms. The number of nitrogens with two attached hydrogens (primary N) is 2. The number of hydrogen-bond acceptors (Lipinski definition) is 10. The number of carbonyl (C=O) groups excluding carboxylic acids is 3. The molecule has 1 aliphatic heterocycles. The number of β-lactam (4-membered cyclic amide) rings is 1. The van der Waals surface area contributed by atoms with Crippen molar-refractivity contribution in [2.75, 3.05) is 12.8 Å². The van der Waals surface area contributed by atoms with Gasteiger partial charge in [-0.15, -0.1) is 11.3 Å². The largest absolute Gasteiger partial charge is 1.00 e. The second-order valence-corrected chi connectivity index (χ2v) is 7.27. The minimum atomic E-state index is -5.01. The molecule has 3 amide bonds. The molecule has 2 heterocycles. The number of carbonyl (C=O) groups is 3. The molecular formula is C12H15N6NaO7S2. The Bertz CT molecular complexity index is 966. The van der Waals surface area contributed by atoms with Crippen molar-refractivity contribution in [1.82, 2.24) is 14.6 Å². The second-order valence-electron chi connectivity index (χ2n) is 5.09. The Morgan fingerprint density at radius 2 is 2.14 bits per heavy atom. The molecule has 0 aromatic carbocycles. The average molecular weight is 442 g/mol. The smallest absolute Gasteiger partial charge is 1.00 e. The number of anilines is 1. The van der Waals surface area contributed by atoms with Gasteiger partial charge in [-0.25, -0.2) is 9.29 Å². The van der Waals surface area contributed by atoms with Gasteiger partial charge in [-0.2, -0.15) is 8.42 Å². The van der Waals surface area contributed by atoms with Crippen LogP contribution in [0.25, 0.3) is 0 Å². The third-order valence-corrected chi connectivity index (χ3v) is 5.00. The van der Waals surface area contributed by atoms with Crippen LogP contribution in [-0.4, -0.2) is 64.9 Å². The van der Waals surface area contributed by atoms with Gasteiger partial charge in [0.25, 0.3) is 11.8 Å². The van der Waals surface area contributed by atoms with Gasteiger partial charge < -0.3 is 23.0 Å². The number of hydrogen-bond donors (Lipinski definition) is 4. The first kappa shape index (κ1) is 24.0. The van der Waals surface area contributed by atoms with E-state index in [0.717, 1.165) is 18.4 Å². The molecule has 2 rings (SSSR count). The third-order valence-electron chi connectivity index (χ3n) is 3.42. The van der Waals surface area contributed by atoms with Crippen LogP contribution in [0.1, 0.15) is 7.12 Å². The van der Waals surface area contributed by atoms with E-state index in [1.165, 1.54) is 5.38 Å². The number of primary amides is 1. The van der Waals surface area contributed by atoms with Crippen LogP contribution in [0.4, 0.5) is 5.13 Å². The molecule has 1 aliphatic rings. The van der Waals surface area contributed by atoms with Gasteiger partial charge in [0.15, 0.2) is 10.8 Å². The van der Waals surface area contributed by atoms with Crippen LogP contribution in [-0.2, 0) is 29.5 Å². The van der Waals surface area contributed by atoms with E-state index in [1.807, 2.05) is 0 Å². The number of nitrogens with zero attached hydrogens (tertiary/aromatic N) is 3. The van der Waals surface area contributed by atoms with E-state index in [4.69, 9.17) is 16.0 Å². The maximum absolute atomic E-state index is 12.5.